The largest absolute Gasteiger partial charge is 0.352 e. The number of nitrogens with one attached hydrogen (secondary N) is 2. The molecular weight excluding hydrogens is 300 g/mol. The van der Waals surface area contributed by atoms with Crippen LogP contribution in [0.25, 0.3) is 0 Å². The van der Waals surface area contributed by atoms with Crippen molar-refractivity contribution in [2.75, 3.05) is 0 Å². The maximum absolute atomic E-state index is 12.0. The molecule has 0 aromatic heterocycles. The molecule has 1 aromatic rings. The van der Waals surface area contributed by atoms with Crippen LogP contribution in [-0.4, -0.2) is 11.8 Å². The Balaban J connectivity index is 2.46. The van der Waals surface area contributed by atoms with Crippen molar-refractivity contribution in [2.24, 2.45) is 11.8 Å². The first kappa shape index (κ1) is 20.2. The molecule has 4 nitrogen and oxygen atoms in total. The second-order valence-electron chi connectivity index (χ2n) is 6.28. The number of rotatable bonds is 10. The van der Waals surface area contributed by atoms with E-state index in [4.69, 9.17) is 0 Å². The molecule has 0 heterocycles. The molecule has 4 heteroatoms. The zero-order valence-electron chi connectivity index (χ0n) is 15.5. The van der Waals surface area contributed by atoms with Crippen molar-refractivity contribution in [3.05, 3.63) is 35.4 Å². The fraction of sp³-hybridized carbons (Fsp3) is 0.600. The average Bonchev–Trinajstić information content (AvgIpc) is 2.61. The Morgan fingerprint density at radius 3 is 1.25 bits per heavy atom. The molecule has 0 saturated heterocycles. The molecule has 0 unspecified atom stereocenters. The first-order valence-electron chi connectivity index (χ1n) is 9.18. The van der Waals surface area contributed by atoms with Crippen LogP contribution in [0, 0.1) is 11.8 Å². The standard InChI is InChI=1S/C20H32N2O2/c1-5-17(6-2)19(23)21-13-15-9-11-16(12-10-15)14-22-20(24)18(7-3)8-4/h9-12,17-18H,5-8,13-14H2,1-4H3,(H,21,23)(H,22,24). The quantitative estimate of drug-likeness (QED) is 0.685. The molecule has 0 saturated carbocycles. The zero-order valence-corrected chi connectivity index (χ0v) is 15.5. The molecule has 0 aliphatic rings. The van der Waals surface area contributed by atoms with E-state index in [2.05, 4.69) is 10.6 Å². The highest BCUT2D eigenvalue weighted by Crippen LogP contribution is 2.10. The molecule has 0 aliphatic carbocycles. The molecule has 0 aliphatic heterocycles. The number of benzene rings is 1. The zero-order chi connectivity index (χ0) is 17.9. The Bertz CT molecular complexity index is 456. The maximum atomic E-state index is 12.0. The van der Waals surface area contributed by atoms with Gasteiger partial charge in [0.25, 0.3) is 0 Å². The Morgan fingerprint density at radius 2 is 1.00 bits per heavy atom. The summed E-state index contributed by atoms with van der Waals surface area (Å²) in [6, 6.07) is 8.02. The molecule has 0 bridgehead atoms. The SMILES string of the molecule is CCC(CC)C(=O)NCc1ccc(CNC(=O)C(CC)CC)cc1. The monoisotopic (exact) mass is 332 g/mol. The minimum absolute atomic E-state index is 0.101. The van der Waals surface area contributed by atoms with Crippen LogP contribution in [-0.2, 0) is 22.7 Å². The van der Waals surface area contributed by atoms with Gasteiger partial charge in [0.05, 0.1) is 0 Å². The third-order valence-corrected chi connectivity index (χ3v) is 4.67. The minimum atomic E-state index is 0.101. The van der Waals surface area contributed by atoms with Crippen molar-refractivity contribution in [1.82, 2.24) is 10.6 Å². The summed E-state index contributed by atoms with van der Waals surface area (Å²) >= 11 is 0. The van der Waals surface area contributed by atoms with Gasteiger partial charge in [0.1, 0.15) is 0 Å². The Morgan fingerprint density at radius 1 is 0.708 bits per heavy atom. The molecule has 24 heavy (non-hydrogen) atoms. The van der Waals surface area contributed by atoms with Gasteiger partial charge in [0, 0.05) is 24.9 Å². The van der Waals surface area contributed by atoms with Crippen LogP contribution < -0.4 is 10.6 Å². The first-order valence-corrected chi connectivity index (χ1v) is 9.18. The minimum Gasteiger partial charge on any atom is -0.352 e. The van der Waals surface area contributed by atoms with Crippen LogP contribution >= 0.6 is 0 Å². The number of hydrogen-bond donors (Lipinski definition) is 2. The molecule has 2 amide bonds. The predicted octanol–water partition coefficient (Wildman–Crippen LogP) is 3.79. The van der Waals surface area contributed by atoms with Crippen LogP contribution in [0.15, 0.2) is 24.3 Å². The van der Waals surface area contributed by atoms with Gasteiger partial charge in [-0.25, -0.2) is 0 Å². The van der Waals surface area contributed by atoms with Gasteiger partial charge in [-0.2, -0.15) is 0 Å². The van der Waals surface area contributed by atoms with Gasteiger partial charge in [-0.05, 0) is 36.8 Å². The highest BCUT2D eigenvalue weighted by molar-refractivity contribution is 5.78. The Kier molecular flexibility index (Phi) is 9.13. The van der Waals surface area contributed by atoms with Crippen LogP contribution in [0.3, 0.4) is 0 Å². The van der Waals surface area contributed by atoms with Crippen LogP contribution in [0.1, 0.15) is 64.5 Å². The molecule has 134 valence electrons. The topological polar surface area (TPSA) is 58.2 Å². The second kappa shape index (κ2) is 10.8. The van der Waals surface area contributed by atoms with Gasteiger partial charge >= 0.3 is 0 Å². The lowest BCUT2D eigenvalue weighted by molar-refractivity contribution is -0.126. The van der Waals surface area contributed by atoms with E-state index in [1.54, 1.807) is 0 Å². The van der Waals surface area contributed by atoms with Crippen molar-refractivity contribution >= 4 is 11.8 Å². The molecule has 0 atom stereocenters. The van der Waals surface area contributed by atoms with Crippen LogP contribution in [0.5, 0.6) is 0 Å². The van der Waals surface area contributed by atoms with E-state index >= 15 is 0 Å². The lowest BCUT2D eigenvalue weighted by atomic mass is 10.0. The summed E-state index contributed by atoms with van der Waals surface area (Å²) in [4.78, 5) is 24.0. The Hall–Kier alpha value is -1.84. The third kappa shape index (κ3) is 6.34. The first-order chi connectivity index (χ1) is 11.5. The molecule has 0 spiro atoms. The van der Waals surface area contributed by atoms with Gasteiger partial charge in [0.2, 0.25) is 11.8 Å². The van der Waals surface area contributed by atoms with Crippen molar-refractivity contribution in [3.8, 4) is 0 Å². The summed E-state index contributed by atoms with van der Waals surface area (Å²) in [5, 5.41) is 5.98. The highest BCUT2D eigenvalue weighted by atomic mass is 16.2. The Labute approximate surface area is 146 Å². The number of amides is 2. The lowest BCUT2D eigenvalue weighted by Gasteiger charge is -2.14. The molecule has 1 aromatic carbocycles. The van der Waals surface area contributed by atoms with Gasteiger partial charge in [-0.1, -0.05) is 52.0 Å². The third-order valence-electron chi connectivity index (χ3n) is 4.67. The van der Waals surface area contributed by atoms with E-state index in [1.807, 2.05) is 52.0 Å². The van der Waals surface area contributed by atoms with Gasteiger partial charge in [-0.3, -0.25) is 9.59 Å². The molecule has 1 rings (SSSR count). The van der Waals surface area contributed by atoms with E-state index < -0.39 is 0 Å². The van der Waals surface area contributed by atoms with E-state index in [1.165, 1.54) is 0 Å². The summed E-state index contributed by atoms with van der Waals surface area (Å²) < 4.78 is 0. The van der Waals surface area contributed by atoms with Gasteiger partial charge < -0.3 is 10.6 Å². The van der Waals surface area contributed by atoms with Crippen molar-refractivity contribution in [2.45, 2.75) is 66.5 Å². The number of carbonyl (C=O) groups is 2. The van der Waals surface area contributed by atoms with E-state index in [0.29, 0.717) is 13.1 Å². The van der Waals surface area contributed by atoms with Crippen LogP contribution in [0.4, 0.5) is 0 Å². The fourth-order valence-electron chi connectivity index (χ4n) is 2.76. The van der Waals surface area contributed by atoms with Gasteiger partial charge in [0.15, 0.2) is 0 Å². The van der Waals surface area contributed by atoms with Gasteiger partial charge in [-0.15, -0.1) is 0 Å². The summed E-state index contributed by atoms with van der Waals surface area (Å²) in [5.41, 5.74) is 2.15. The maximum Gasteiger partial charge on any atom is 0.223 e. The second-order valence-corrected chi connectivity index (χ2v) is 6.28. The fourth-order valence-corrected chi connectivity index (χ4v) is 2.76. The molecular formula is C20H32N2O2. The highest BCUT2D eigenvalue weighted by Gasteiger charge is 2.14. The van der Waals surface area contributed by atoms with Crippen molar-refractivity contribution in [3.63, 3.8) is 0 Å². The van der Waals surface area contributed by atoms with Crippen LogP contribution in [0.2, 0.25) is 0 Å². The van der Waals surface area contributed by atoms with E-state index in [-0.39, 0.29) is 23.7 Å². The molecule has 0 radical (unpaired) electrons. The van der Waals surface area contributed by atoms with Crippen molar-refractivity contribution in [1.29, 1.82) is 0 Å². The number of carbonyl (C=O) groups excluding carboxylic acids is 2. The summed E-state index contributed by atoms with van der Waals surface area (Å²) in [6.45, 7) is 9.26. The van der Waals surface area contributed by atoms with E-state index in [0.717, 1.165) is 36.8 Å². The summed E-state index contributed by atoms with van der Waals surface area (Å²) in [6.07, 6.45) is 3.49. The molecule has 0 fully saturated rings. The van der Waals surface area contributed by atoms with Crippen molar-refractivity contribution < 1.29 is 9.59 Å². The lowest BCUT2D eigenvalue weighted by Crippen LogP contribution is -2.30. The molecule has 2 N–H and O–H groups in total. The predicted molar refractivity (Wildman–Crippen MR) is 98.3 cm³/mol. The number of hydrogen-bond acceptors (Lipinski definition) is 2. The average molecular weight is 332 g/mol. The summed E-state index contributed by atoms with van der Waals surface area (Å²) in [7, 11) is 0. The summed E-state index contributed by atoms with van der Waals surface area (Å²) in [5.74, 6) is 0.456. The smallest absolute Gasteiger partial charge is 0.223 e. The van der Waals surface area contributed by atoms with E-state index in [9.17, 15) is 9.59 Å². The normalized spacial score (nSPS) is 10.9.